The fourth-order valence-electron chi connectivity index (χ4n) is 2.94. The van der Waals surface area contributed by atoms with Gasteiger partial charge in [0.25, 0.3) is 0 Å². The number of aliphatic hydroxyl groups is 1. The van der Waals surface area contributed by atoms with E-state index in [9.17, 15) is 4.79 Å². The molecule has 1 amide bonds. The van der Waals surface area contributed by atoms with E-state index < -0.39 is 6.61 Å². The van der Waals surface area contributed by atoms with Gasteiger partial charge < -0.3 is 14.9 Å². The largest absolute Gasteiger partial charge is 0.387 e. The van der Waals surface area contributed by atoms with E-state index >= 15 is 0 Å². The Morgan fingerprint density at radius 1 is 1.35 bits per heavy atom. The molecule has 0 aromatic carbocycles. The number of amides is 1. The topological polar surface area (TPSA) is 69.6 Å². The third-order valence-electron chi connectivity index (χ3n) is 4.09. The molecule has 6 nitrogen and oxygen atoms in total. The summed E-state index contributed by atoms with van der Waals surface area (Å²) in [5.41, 5.74) is 0.896. The van der Waals surface area contributed by atoms with Crippen molar-refractivity contribution in [1.82, 2.24) is 14.9 Å². The molecule has 1 atom stereocenters. The number of nitrogens with zero attached hydrogens (tertiary/aromatic N) is 4. The molecular formula is C14H20N4O2. The van der Waals surface area contributed by atoms with E-state index in [0.29, 0.717) is 6.54 Å². The molecule has 2 aliphatic heterocycles. The Morgan fingerprint density at radius 3 is 2.70 bits per heavy atom. The lowest BCUT2D eigenvalue weighted by Gasteiger charge is -2.40. The minimum absolute atomic E-state index is 0.00213. The maximum Gasteiger partial charge on any atom is 0.248 e. The first kappa shape index (κ1) is 13.3. The van der Waals surface area contributed by atoms with Crippen LogP contribution in [0, 0.1) is 6.92 Å². The molecule has 108 valence electrons. The normalized spacial score (nSPS) is 22.0. The van der Waals surface area contributed by atoms with Crippen LogP contribution in [0.5, 0.6) is 0 Å². The zero-order valence-corrected chi connectivity index (χ0v) is 11.7. The van der Waals surface area contributed by atoms with Crippen molar-refractivity contribution in [3.8, 4) is 0 Å². The second kappa shape index (κ2) is 5.36. The van der Waals surface area contributed by atoms with Crippen molar-refractivity contribution in [2.75, 3.05) is 31.1 Å². The quantitative estimate of drug-likeness (QED) is 0.878. The maximum absolute atomic E-state index is 11.6. The van der Waals surface area contributed by atoms with Gasteiger partial charge in [0.1, 0.15) is 18.2 Å². The highest BCUT2D eigenvalue weighted by Gasteiger charge is 2.34. The predicted octanol–water partition coefficient (Wildman–Crippen LogP) is 0.651. The highest BCUT2D eigenvalue weighted by molar-refractivity contribution is 5.78. The second-order valence-electron chi connectivity index (χ2n) is 5.44. The van der Waals surface area contributed by atoms with Crippen LogP contribution in [0.2, 0.25) is 0 Å². The van der Waals surface area contributed by atoms with Crippen LogP contribution in [-0.2, 0) is 4.79 Å². The van der Waals surface area contributed by atoms with Crippen molar-refractivity contribution in [3.05, 3.63) is 17.6 Å². The number of anilines is 1. The van der Waals surface area contributed by atoms with Crippen LogP contribution in [0.1, 0.15) is 36.8 Å². The number of aryl methyl sites for hydroxylation is 1. The monoisotopic (exact) mass is 276 g/mol. The summed E-state index contributed by atoms with van der Waals surface area (Å²) in [6, 6.07) is 2.00. The number of carbonyl (C=O) groups is 1. The molecule has 1 aromatic heterocycles. The molecule has 0 radical (unpaired) electrons. The summed E-state index contributed by atoms with van der Waals surface area (Å²) in [5.74, 6) is 1.49. The van der Waals surface area contributed by atoms with Crippen molar-refractivity contribution in [2.24, 2.45) is 0 Å². The molecule has 6 heteroatoms. The molecule has 0 spiro atoms. The van der Waals surface area contributed by atoms with Gasteiger partial charge in [-0.1, -0.05) is 0 Å². The zero-order valence-electron chi connectivity index (χ0n) is 11.7. The molecule has 2 saturated heterocycles. The molecule has 1 aromatic rings. The van der Waals surface area contributed by atoms with Crippen molar-refractivity contribution in [3.63, 3.8) is 0 Å². The van der Waals surface area contributed by atoms with Gasteiger partial charge in [-0.25, -0.2) is 9.97 Å². The first-order chi connectivity index (χ1) is 9.69. The van der Waals surface area contributed by atoms with E-state index in [-0.39, 0.29) is 11.9 Å². The molecule has 2 fully saturated rings. The molecule has 0 bridgehead atoms. The van der Waals surface area contributed by atoms with Gasteiger partial charge >= 0.3 is 0 Å². The van der Waals surface area contributed by atoms with Crippen LogP contribution in [0.4, 0.5) is 5.82 Å². The summed E-state index contributed by atoms with van der Waals surface area (Å²) in [6.07, 6.45) is 3.31. The van der Waals surface area contributed by atoms with Gasteiger partial charge in [0.2, 0.25) is 5.91 Å². The number of carbonyl (C=O) groups excluding carboxylic acids is 1. The molecule has 0 aliphatic carbocycles. The molecule has 2 aliphatic rings. The summed E-state index contributed by atoms with van der Waals surface area (Å²) in [7, 11) is 0. The average Bonchev–Trinajstić information content (AvgIpc) is 2.90. The van der Waals surface area contributed by atoms with Crippen LogP contribution in [-0.4, -0.2) is 52.1 Å². The number of rotatable bonds is 3. The Labute approximate surface area is 118 Å². The summed E-state index contributed by atoms with van der Waals surface area (Å²) < 4.78 is 0. The highest BCUT2D eigenvalue weighted by atomic mass is 16.3. The summed E-state index contributed by atoms with van der Waals surface area (Å²) in [4.78, 5) is 24.6. The van der Waals surface area contributed by atoms with Gasteiger partial charge in [0.05, 0.1) is 11.7 Å². The second-order valence-corrected chi connectivity index (χ2v) is 5.44. The van der Waals surface area contributed by atoms with Gasteiger partial charge in [-0.05, 0) is 26.2 Å². The Kier molecular flexibility index (Phi) is 3.56. The van der Waals surface area contributed by atoms with Crippen LogP contribution >= 0.6 is 0 Å². The third kappa shape index (κ3) is 2.35. The minimum atomic E-state index is -0.431. The van der Waals surface area contributed by atoms with E-state index in [1.54, 1.807) is 4.90 Å². The van der Waals surface area contributed by atoms with Gasteiger partial charge in [0.15, 0.2) is 0 Å². The molecular weight excluding hydrogens is 256 g/mol. The van der Waals surface area contributed by atoms with E-state index in [1.165, 1.54) is 12.8 Å². The summed E-state index contributed by atoms with van der Waals surface area (Å²) >= 11 is 0. The number of hydrogen-bond acceptors (Lipinski definition) is 5. The maximum atomic E-state index is 11.6. The first-order valence-corrected chi connectivity index (χ1v) is 7.20. The van der Waals surface area contributed by atoms with E-state index in [0.717, 1.165) is 36.8 Å². The van der Waals surface area contributed by atoms with E-state index in [2.05, 4.69) is 14.9 Å². The number of aliphatic hydroxyl groups excluding tert-OH is 1. The summed E-state index contributed by atoms with van der Waals surface area (Å²) in [6.45, 7) is 4.24. The van der Waals surface area contributed by atoms with Crippen LogP contribution in [0.25, 0.3) is 0 Å². The Hall–Kier alpha value is -1.69. The van der Waals surface area contributed by atoms with Crippen molar-refractivity contribution in [1.29, 1.82) is 0 Å². The number of likely N-dealkylation sites (tertiary alicyclic amines) is 1. The van der Waals surface area contributed by atoms with Gasteiger partial charge in [-0.3, -0.25) is 4.79 Å². The van der Waals surface area contributed by atoms with Crippen molar-refractivity contribution >= 4 is 11.7 Å². The van der Waals surface area contributed by atoms with Crippen LogP contribution in [0.15, 0.2) is 6.07 Å². The molecule has 3 heterocycles. The smallest absolute Gasteiger partial charge is 0.248 e. The Bertz CT molecular complexity index is 514. The number of aromatic nitrogens is 2. The lowest BCUT2D eigenvalue weighted by molar-refractivity contribution is -0.142. The lowest BCUT2D eigenvalue weighted by Crippen LogP contribution is -2.46. The van der Waals surface area contributed by atoms with Gasteiger partial charge in [-0.15, -0.1) is 0 Å². The van der Waals surface area contributed by atoms with Crippen LogP contribution in [0.3, 0.4) is 0 Å². The van der Waals surface area contributed by atoms with Gasteiger partial charge in [0, 0.05) is 25.7 Å². The fourth-order valence-corrected chi connectivity index (χ4v) is 2.94. The number of hydrogen-bond donors (Lipinski definition) is 1. The molecule has 0 saturated carbocycles. The predicted molar refractivity (Wildman–Crippen MR) is 74.4 cm³/mol. The summed E-state index contributed by atoms with van der Waals surface area (Å²) in [5, 5.41) is 8.98. The molecule has 3 rings (SSSR count). The van der Waals surface area contributed by atoms with E-state index in [4.69, 9.17) is 5.11 Å². The minimum Gasteiger partial charge on any atom is -0.387 e. The molecule has 20 heavy (non-hydrogen) atoms. The third-order valence-corrected chi connectivity index (χ3v) is 4.09. The standard InChI is InChI=1S/C14H20N4O2/c1-10-15-11(12-4-7-18(12)14(20)9-19)8-13(16-10)17-5-2-3-6-17/h8,12,19H,2-7,9H2,1H3/t12-/m0/s1. The molecule has 0 unspecified atom stereocenters. The van der Waals surface area contributed by atoms with Crippen molar-refractivity contribution < 1.29 is 9.90 Å². The SMILES string of the molecule is Cc1nc([C@@H]2CCN2C(=O)CO)cc(N2CCCC2)n1. The molecule has 1 N–H and O–H groups in total. The zero-order chi connectivity index (χ0) is 14.1. The fraction of sp³-hybridized carbons (Fsp3) is 0.643. The Balaban J connectivity index is 1.84. The van der Waals surface area contributed by atoms with E-state index in [1.807, 2.05) is 13.0 Å². The van der Waals surface area contributed by atoms with Crippen molar-refractivity contribution in [2.45, 2.75) is 32.2 Å². The lowest BCUT2D eigenvalue weighted by atomic mass is 9.99. The first-order valence-electron chi connectivity index (χ1n) is 7.20. The Morgan fingerprint density at radius 2 is 2.10 bits per heavy atom. The van der Waals surface area contributed by atoms with Crippen LogP contribution < -0.4 is 4.90 Å². The highest BCUT2D eigenvalue weighted by Crippen LogP contribution is 2.33. The van der Waals surface area contributed by atoms with Gasteiger partial charge in [-0.2, -0.15) is 0 Å². The average molecular weight is 276 g/mol.